The van der Waals surface area contributed by atoms with Gasteiger partial charge in [-0.25, -0.2) is 9.59 Å². The molecule has 0 bridgehead atoms. The quantitative estimate of drug-likeness (QED) is 0.589. The van der Waals surface area contributed by atoms with Gasteiger partial charge in [0.1, 0.15) is 5.75 Å². The fourth-order valence-electron chi connectivity index (χ4n) is 3.11. The molecule has 0 radical (unpaired) electrons. The highest BCUT2D eigenvalue weighted by Gasteiger charge is 2.36. The molecule has 3 rings (SSSR count). The number of rotatable bonds is 4. The number of ether oxygens (including phenoxy) is 1. The summed E-state index contributed by atoms with van der Waals surface area (Å²) in [5.74, 6) is -0.488. The lowest BCUT2D eigenvalue weighted by molar-refractivity contribution is -0.136. The molecule has 0 saturated carbocycles. The largest absolute Gasteiger partial charge is 0.506 e. The van der Waals surface area contributed by atoms with Gasteiger partial charge in [-0.05, 0) is 62.0 Å². The van der Waals surface area contributed by atoms with Crippen molar-refractivity contribution in [1.29, 1.82) is 0 Å². The number of nitrogens with one attached hydrogen (secondary N) is 1. The summed E-state index contributed by atoms with van der Waals surface area (Å²) in [5, 5.41) is 12.8. The molecule has 2 aromatic rings. The first-order valence-electron chi connectivity index (χ1n) is 8.42. The second-order valence-electron chi connectivity index (χ2n) is 6.28. The van der Waals surface area contributed by atoms with E-state index in [1.165, 1.54) is 12.0 Å². The molecule has 6 nitrogen and oxygen atoms in total. The minimum atomic E-state index is -0.708. The van der Waals surface area contributed by atoms with Crippen LogP contribution in [0.1, 0.15) is 24.1 Å². The second-order valence-corrected chi connectivity index (χ2v) is 7.99. The normalized spacial score (nSPS) is 16.8. The molecule has 0 aromatic heterocycles. The molecule has 0 fully saturated rings. The van der Waals surface area contributed by atoms with Gasteiger partial charge >= 0.3 is 12.0 Å². The number of aromatic hydroxyl groups is 1. The van der Waals surface area contributed by atoms with Crippen LogP contribution in [0.4, 0.5) is 4.79 Å². The van der Waals surface area contributed by atoms with E-state index < -0.39 is 12.0 Å². The molecule has 1 aliphatic rings. The maximum Gasteiger partial charge on any atom is 0.337 e. The molecule has 2 amide bonds. The zero-order chi connectivity index (χ0) is 20.4. The topological polar surface area (TPSA) is 78.9 Å². The molecule has 0 aliphatic carbocycles. The van der Waals surface area contributed by atoms with E-state index in [1.807, 2.05) is 30.3 Å². The molecule has 146 valence electrons. The van der Waals surface area contributed by atoms with E-state index in [9.17, 15) is 14.7 Å². The summed E-state index contributed by atoms with van der Waals surface area (Å²) < 4.78 is 5.87. The Morgan fingerprint density at radius 2 is 1.82 bits per heavy atom. The van der Waals surface area contributed by atoms with Gasteiger partial charge in [-0.1, -0.05) is 30.3 Å². The van der Waals surface area contributed by atoms with Crippen LogP contribution >= 0.6 is 31.9 Å². The molecule has 1 heterocycles. The average Bonchev–Trinajstić information content (AvgIpc) is 2.68. The second kappa shape index (κ2) is 8.36. The molecular formula is C20H18Br2N2O4. The predicted octanol–water partition coefficient (Wildman–Crippen LogP) is 4.63. The Hall–Kier alpha value is -2.32. The summed E-state index contributed by atoms with van der Waals surface area (Å²) in [7, 11) is 1.31. The molecule has 0 saturated heterocycles. The molecule has 2 N–H and O–H groups in total. The number of halogens is 2. The third-order valence-corrected chi connectivity index (χ3v) is 5.77. The number of urea groups is 1. The summed E-state index contributed by atoms with van der Waals surface area (Å²) in [4.78, 5) is 26.9. The van der Waals surface area contributed by atoms with E-state index >= 15 is 0 Å². The molecule has 0 unspecified atom stereocenters. The van der Waals surface area contributed by atoms with E-state index in [-0.39, 0.29) is 11.8 Å². The predicted molar refractivity (Wildman–Crippen MR) is 111 cm³/mol. The molecule has 28 heavy (non-hydrogen) atoms. The number of carbonyl (C=O) groups is 2. The number of phenols is 1. The Morgan fingerprint density at radius 3 is 2.39 bits per heavy atom. The SMILES string of the molecule is COC(=O)C1=C(C)N(Cc2ccccc2)C(=O)N[C@H]1c1cc(Br)c(O)c(Br)c1. The first-order chi connectivity index (χ1) is 13.3. The monoisotopic (exact) mass is 508 g/mol. The zero-order valence-corrected chi connectivity index (χ0v) is 18.4. The third kappa shape index (κ3) is 3.93. The fourth-order valence-corrected chi connectivity index (χ4v) is 4.34. The van der Waals surface area contributed by atoms with Crippen molar-refractivity contribution in [2.75, 3.05) is 7.11 Å². The Balaban J connectivity index is 2.07. The lowest BCUT2D eigenvalue weighted by Crippen LogP contribution is -2.47. The molecule has 0 spiro atoms. The molecule has 8 heteroatoms. The van der Waals surface area contributed by atoms with Gasteiger partial charge in [0, 0.05) is 5.70 Å². The van der Waals surface area contributed by atoms with Gasteiger partial charge in [0.2, 0.25) is 0 Å². The Bertz CT molecular complexity index is 937. The van der Waals surface area contributed by atoms with Crippen molar-refractivity contribution in [2.45, 2.75) is 19.5 Å². The van der Waals surface area contributed by atoms with Gasteiger partial charge in [0.05, 0.1) is 34.2 Å². The van der Waals surface area contributed by atoms with Crippen molar-refractivity contribution >= 4 is 43.9 Å². The number of phenolic OH excluding ortho intramolecular Hbond substituents is 1. The molecule has 1 aliphatic heterocycles. The highest BCUT2D eigenvalue weighted by Crippen LogP contribution is 2.39. The Morgan fingerprint density at radius 1 is 1.21 bits per heavy atom. The van der Waals surface area contributed by atoms with Crippen LogP contribution in [0.25, 0.3) is 0 Å². The van der Waals surface area contributed by atoms with Gasteiger partial charge in [-0.2, -0.15) is 0 Å². The van der Waals surface area contributed by atoms with Crippen LogP contribution in [0.2, 0.25) is 0 Å². The van der Waals surface area contributed by atoms with E-state index in [0.29, 0.717) is 32.3 Å². The number of esters is 1. The highest BCUT2D eigenvalue weighted by atomic mass is 79.9. The van der Waals surface area contributed by atoms with Crippen LogP contribution in [0.3, 0.4) is 0 Å². The number of amides is 2. The van der Waals surface area contributed by atoms with E-state index in [0.717, 1.165) is 5.56 Å². The lowest BCUT2D eigenvalue weighted by Gasteiger charge is -2.35. The minimum absolute atomic E-state index is 0.0388. The maximum atomic E-state index is 12.8. The zero-order valence-electron chi connectivity index (χ0n) is 15.2. The lowest BCUT2D eigenvalue weighted by atomic mass is 9.94. The summed E-state index contributed by atoms with van der Waals surface area (Å²) in [5.41, 5.74) is 2.42. The van der Waals surface area contributed by atoms with Crippen LogP contribution in [-0.4, -0.2) is 29.1 Å². The van der Waals surface area contributed by atoms with Crippen molar-refractivity contribution in [3.8, 4) is 5.75 Å². The van der Waals surface area contributed by atoms with Crippen molar-refractivity contribution in [3.05, 3.63) is 73.8 Å². The molecule has 1 atom stereocenters. The van der Waals surface area contributed by atoms with Gasteiger partial charge < -0.3 is 15.2 Å². The van der Waals surface area contributed by atoms with E-state index in [4.69, 9.17) is 4.74 Å². The van der Waals surface area contributed by atoms with E-state index in [1.54, 1.807) is 19.1 Å². The highest BCUT2D eigenvalue weighted by molar-refractivity contribution is 9.11. The number of hydrogen-bond donors (Lipinski definition) is 2. The van der Waals surface area contributed by atoms with Gasteiger partial charge in [-0.3, -0.25) is 4.90 Å². The molecular weight excluding hydrogens is 492 g/mol. The van der Waals surface area contributed by atoms with Gasteiger partial charge in [0.25, 0.3) is 0 Å². The van der Waals surface area contributed by atoms with Gasteiger partial charge in [-0.15, -0.1) is 0 Å². The summed E-state index contributed by atoms with van der Waals surface area (Å²) in [6.07, 6.45) is 0. The number of carbonyl (C=O) groups excluding carboxylic acids is 2. The van der Waals surface area contributed by atoms with Crippen LogP contribution < -0.4 is 5.32 Å². The van der Waals surface area contributed by atoms with Crippen LogP contribution in [0, 0.1) is 0 Å². The molecule has 2 aromatic carbocycles. The van der Waals surface area contributed by atoms with Crippen molar-refractivity contribution in [1.82, 2.24) is 10.2 Å². The smallest absolute Gasteiger partial charge is 0.337 e. The Labute approximate surface area is 179 Å². The van der Waals surface area contributed by atoms with Crippen molar-refractivity contribution < 1.29 is 19.4 Å². The van der Waals surface area contributed by atoms with Crippen molar-refractivity contribution in [3.63, 3.8) is 0 Å². The average molecular weight is 510 g/mol. The van der Waals surface area contributed by atoms with E-state index in [2.05, 4.69) is 37.2 Å². The summed E-state index contributed by atoms with van der Waals surface area (Å²) in [6, 6.07) is 11.8. The first-order valence-corrected chi connectivity index (χ1v) is 10.0. The minimum Gasteiger partial charge on any atom is -0.506 e. The fraction of sp³-hybridized carbons (Fsp3) is 0.200. The maximum absolute atomic E-state index is 12.8. The van der Waals surface area contributed by atoms with Crippen LogP contribution in [-0.2, 0) is 16.1 Å². The third-order valence-electron chi connectivity index (χ3n) is 4.56. The van der Waals surface area contributed by atoms with Gasteiger partial charge in [0.15, 0.2) is 0 Å². The number of hydrogen-bond acceptors (Lipinski definition) is 4. The van der Waals surface area contributed by atoms with Crippen LogP contribution in [0.15, 0.2) is 62.7 Å². The first kappa shape index (κ1) is 20.4. The number of allylic oxidation sites excluding steroid dienone is 1. The van der Waals surface area contributed by atoms with Crippen LogP contribution in [0.5, 0.6) is 5.75 Å². The summed E-state index contributed by atoms with van der Waals surface area (Å²) in [6.45, 7) is 2.06. The Kier molecular flexibility index (Phi) is 6.10. The van der Waals surface area contributed by atoms with Crippen molar-refractivity contribution in [2.24, 2.45) is 0 Å². The number of benzene rings is 2. The number of methoxy groups -OCH3 is 1. The number of nitrogens with zero attached hydrogens (tertiary/aromatic N) is 1. The summed E-state index contributed by atoms with van der Waals surface area (Å²) >= 11 is 6.58. The standard InChI is InChI=1S/C20H18Br2N2O4/c1-11-16(19(26)28-2)17(13-8-14(21)18(25)15(22)9-13)23-20(27)24(11)10-12-6-4-3-5-7-12/h3-9,17,25H,10H2,1-2H3,(H,23,27)/t17-/m0/s1.